The number of aliphatic hydroxyl groups is 1. The van der Waals surface area contributed by atoms with Crippen LogP contribution in [0.1, 0.15) is 0 Å². The maximum absolute atomic E-state index is 9.01. The second-order valence-electron chi connectivity index (χ2n) is 5.05. The van der Waals surface area contributed by atoms with E-state index in [1.54, 1.807) is 30.5 Å². The highest BCUT2D eigenvalue weighted by atomic mass is 35.5. The predicted octanol–water partition coefficient (Wildman–Crippen LogP) is 3.99. The lowest BCUT2D eigenvalue weighted by Crippen LogP contribution is -2.10. The number of aromatic nitrogens is 3. The minimum Gasteiger partial charge on any atom is -0.395 e. The molecular formula is C17H15Cl2N5O. The Morgan fingerprint density at radius 1 is 1.00 bits per heavy atom. The van der Waals surface area contributed by atoms with Crippen molar-refractivity contribution < 1.29 is 5.11 Å². The molecule has 0 unspecified atom stereocenters. The Morgan fingerprint density at radius 2 is 1.88 bits per heavy atom. The first-order valence-electron chi connectivity index (χ1n) is 7.53. The number of halogens is 2. The standard InChI is InChI=1S/C17H15Cl2N5O/c18-11-4-3-6-13(16(11)19)22-15-10-14(12-5-1-2-7-20-12)23-17(24-15)21-8-9-25/h1-7,10,25H,8-9H2,(H2,21,22,23,24). The fourth-order valence-electron chi connectivity index (χ4n) is 2.14. The smallest absolute Gasteiger partial charge is 0.225 e. The average Bonchev–Trinajstić information content (AvgIpc) is 2.64. The van der Waals surface area contributed by atoms with Gasteiger partial charge in [0, 0.05) is 18.8 Å². The summed E-state index contributed by atoms with van der Waals surface area (Å²) < 4.78 is 0. The first-order valence-corrected chi connectivity index (χ1v) is 8.29. The van der Waals surface area contributed by atoms with Gasteiger partial charge < -0.3 is 15.7 Å². The summed E-state index contributed by atoms with van der Waals surface area (Å²) in [5, 5.41) is 16.0. The second kappa shape index (κ2) is 8.11. The molecule has 0 amide bonds. The van der Waals surface area contributed by atoms with Gasteiger partial charge in [-0.3, -0.25) is 4.98 Å². The molecule has 3 N–H and O–H groups in total. The normalized spacial score (nSPS) is 10.5. The van der Waals surface area contributed by atoms with Crippen molar-refractivity contribution in [2.75, 3.05) is 23.8 Å². The van der Waals surface area contributed by atoms with E-state index >= 15 is 0 Å². The highest BCUT2D eigenvalue weighted by molar-refractivity contribution is 6.43. The van der Waals surface area contributed by atoms with E-state index in [9.17, 15) is 0 Å². The van der Waals surface area contributed by atoms with Crippen LogP contribution in [0.15, 0.2) is 48.7 Å². The Bertz CT molecular complexity index is 861. The fraction of sp³-hybridized carbons (Fsp3) is 0.118. The number of anilines is 3. The molecular weight excluding hydrogens is 361 g/mol. The quantitative estimate of drug-likeness (QED) is 0.603. The Kier molecular flexibility index (Phi) is 5.65. The molecule has 2 heterocycles. The molecule has 6 nitrogen and oxygen atoms in total. The molecule has 3 aromatic rings. The Labute approximate surface area is 154 Å². The van der Waals surface area contributed by atoms with E-state index in [-0.39, 0.29) is 6.61 Å². The molecule has 2 aromatic heterocycles. The first kappa shape index (κ1) is 17.4. The van der Waals surface area contributed by atoms with E-state index in [2.05, 4.69) is 25.6 Å². The molecule has 0 saturated heterocycles. The van der Waals surface area contributed by atoms with Crippen LogP contribution >= 0.6 is 23.2 Å². The summed E-state index contributed by atoms with van der Waals surface area (Å²) in [4.78, 5) is 13.1. The molecule has 0 bridgehead atoms. The molecule has 3 rings (SSSR count). The van der Waals surface area contributed by atoms with Crippen LogP contribution in [0, 0.1) is 0 Å². The summed E-state index contributed by atoms with van der Waals surface area (Å²) in [5.74, 6) is 0.901. The van der Waals surface area contributed by atoms with E-state index in [4.69, 9.17) is 28.3 Å². The number of aliphatic hydroxyl groups excluding tert-OH is 1. The summed E-state index contributed by atoms with van der Waals surface area (Å²) in [6, 6.07) is 12.6. The lowest BCUT2D eigenvalue weighted by atomic mass is 10.2. The van der Waals surface area contributed by atoms with Crippen LogP contribution in [0.25, 0.3) is 11.4 Å². The maximum Gasteiger partial charge on any atom is 0.225 e. The van der Waals surface area contributed by atoms with Gasteiger partial charge in [0.15, 0.2) is 0 Å². The van der Waals surface area contributed by atoms with Gasteiger partial charge in [-0.05, 0) is 24.3 Å². The van der Waals surface area contributed by atoms with Gasteiger partial charge in [-0.1, -0.05) is 35.3 Å². The Hall–Kier alpha value is -2.41. The lowest BCUT2D eigenvalue weighted by molar-refractivity contribution is 0.311. The molecule has 0 atom stereocenters. The molecule has 128 valence electrons. The third-order valence-electron chi connectivity index (χ3n) is 3.26. The molecule has 0 aliphatic rings. The average molecular weight is 376 g/mol. The second-order valence-corrected chi connectivity index (χ2v) is 5.84. The summed E-state index contributed by atoms with van der Waals surface area (Å²) in [6.45, 7) is 0.309. The van der Waals surface area contributed by atoms with Crippen LogP contribution in [-0.2, 0) is 0 Å². The molecule has 0 aliphatic carbocycles. The number of pyridine rings is 1. The van der Waals surface area contributed by atoms with Crippen molar-refractivity contribution in [2.45, 2.75) is 0 Å². The topological polar surface area (TPSA) is 83.0 Å². The van der Waals surface area contributed by atoms with Crippen LogP contribution < -0.4 is 10.6 Å². The predicted molar refractivity (Wildman–Crippen MR) is 101 cm³/mol. The van der Waals surface area contributed by atoms with Crippen LogP contribution in [0.5, 0.6) is 0 Å². The number of rotatable bonds is 6. The lowest BCUT2D eigenvalue weighted by Gasteiger charge is -2.12. The zero-order valence-corrected chi connectivity index (χ0v) is 14.6. The van der Waals surface area contributed by atoms with Crippen LogP contribution in [-0.4, -0.2) is 33.2 Å². The van der Waals surface area contributed by atoms with Crippen LogP contribution in [0.4, 0.5) is 17.5 Å². The molecule has 1 aromatic carbocycles. The minimum absolute atomic E-state index is 0.0277. The number of benzene rings is 1. The third kappa shape index (κ3) is 4.36. The summed E-state index contributed by atoms with van der Waals surface area (Å²) in [7, 11) is 0. The highest BCUT2D eigenvalue weighted by Gasteiger charge is 2.10. The van der Waals surface area contributed by atoms with Gasteiger partial charge in [0.2, 0.25) is 5.95 Å². The van der Waals surface area contributed by atoms with Gasteiger partial charge in [0.25, 0.3) is 0 Å². The Balaban J connectivity index is 1.98. The van der Waals surface area contributed by atoms with Gasteiger partial charge in [-0.2, -0.15) is 4.98 Å². The molecule has 0 aliphatic heterocycles. The highest BCUT2D eigenvalue weighted by Crippen LogP contribution is 2.32. The van der Waals surface area contributed by atoms with Crippen molar-refractivity contribution in [3.05, 3.63) is 58.7 Å². The van der Waals surface area contributed by atoms with E-state index < -0.39 is 0 Å². The third-order valence-corrected chi connectivity index (χ3v) is 4.08. The van der Waals surface area contributed by atoms with E-state index in [1.165, 1.54) is 0 Å². The zero-order chi connectivity index (χ0) is 17.6. The summed E-state index contributed by atoms with van der Waals surface area (Å²) in [5.41, 5.74) is 1.97. The van der Waals surface area contributed by atoms with Crippen molar-refractivity contribution in [1.82, 2.24) is 15.0 Å². The molecule has 25 heavy (non-hydrogen) atoms. The molecule has 0 saturated carbocycles. The number of nitrogens with one attached hydrogen (secondary N) is 2. The van der Waals surface area contributed by atoms with Crippen molar-refractivity contribution in [3.8, 4) is 11.4 Å². The van der Waals surface area contributed by atoms with Crippen LogP contribution in [0.3, 0.4) is 0 Å². The van der Waals surface area contributed by atoms with Crippen molar-refractivity contribution in [3.63, 3.8) is 0 Å². The minimum atomic E-state index is -0.0277. The number of hydrogen-bond acceptors (Lipinski definition) is 6. The number of nitrogens with zero attached hydrogens (tertiary/aromatic N) is 3. The zero-order valence-electron chi connectivity index (χ0n) is 13.1. The summed E-state index contributed by atoms with van der Waals surface area (Å²) in [6.07, 6.45) is 1.69. The van der Waals surface area contributed by atoms with Crippen molar-refractivity contribution in [2.24, 2.45) is 0 Å². The maximum atomic E-state index is 9.01. The molecule has 8 heteroatoms. The largest absolute Gasteiger partial charge is 0.395 e. The number of hydrogen-bond donors (Lipinski definition) is 3. The van der Waals surface area contributed by atoms with E-state index in [0.29, 0.717) is 45.4 Å². The molecule has 0 fully saturated rings. The first-order chi connectivity index (χ1) is 12.2. The van der Waals surface area contributed by atoms with E-state index in [0.717, 1.165) is 0 Å². The van der Waals surface area contributed by atoms with Gasteiger partial charge in [-0.15, -0.1) is 0 Å². The SMILES string of the molecule is OCCNc1nc(Nc2cccc(Cl)c2Cl)cc(-c2ccccn2)n1. The fourth-order valence-corrected chi connectivity index (χ4v) is 2.49. The van der Waals surface area contributed by atoms with Gasteiger partial charge in [-0.25, -0.2) is 4.98 Å². The van der Waals surface area contributed by atoms with Crippen molar-refractivity contribution in [1.29, 1.82) is 0 Å². The van der Waals surface area contributed by atoms with Gasteiger partial charge in [0.1, 0.15) is 5.82 Å². The van der Waals surface area contributed by atoms with Crippen LogP contribution in [0.2, 0.25) is 10.0 Å². The van der Waals surface area contributed by atoms with Gasteiger partial charge >= 0.3 is 0 Å². The monoisotopic (exact) mass is 375 g/mol. The van der Waals surface area contributed by atoms with E-state index in [1.807, 2.05) is 18.2 Å². The van der Waals surface area contributed by atoms with Crippen molar-refractivity contribution >= 4 is 40.7 Å². The Morgan fingerprint density at radius 3 is 2.64 bits per heavy atom. The molecule has 0 spiro atoms. The molecule has 0 radical (unpaired) electrons. The summed E-state index contributed by atoms with van der Waals surface area (Å²) >= 11 is 12.3. The van der Waals surface area contributed by atoms with Gasteiger partial charge in [0.05, 0.1) is 33.7 Å².